The second-order valence-corrected chi connectivity index (χ2v) is 4.49. The highest BCUT2D eigenvalue weighted by molar-refractivity contribution is 5.08. The van der Waals surface area contributed by atoms with Gasteiger partial charge >= 0.3 is 0 Å². The second kappa shape index (κ2) is 2.36. The van der Waals surface area contributed by atoms with Crippen molar-refractivity contribution in [3.05, 3.63) is 12.2 Å². The van der Waals surface area contributed by atoms with Crippen LogP contribution in [0.3, 0.4) is 0 Å². The van der Waals surface area contributed by atoms with Crippen molar-refractivity contribution >= 4 is 0 Å². The molecule has 0 aliphatic heterocycles. The molecule has 0 radical (unpaired) electrons. The molecule has 0 N–H and O–H groups in total. The van der Waals surface area contributed by atoms with Gasteiger partial charge in [-0.1, -0.05) is 26.0 Å². The third-order valence-electron chi connectivity index (χ3n) is 4.04. The Bertz CT molecular complexity index is 180. The Balaban J connectivity index is 2.06. The molecule has 0 saturated heterocycles. The molecule has 2 unspecified atom stereocenters. The zero-order valence-corrected chi connectivity index (χ0v) is 7.64. The van der Waals surface area contributed by atoms with E-state index in [4.69, 9.17) is 0 Å². The van der Waals surface area contributed by atoms with Crippen LogP contribution in [0.5, 0.6) is 0 Å². The molecular weight excluding hydrogens is 132 g/mol. The predicted molar refractivity (Wildman–Crippen MR) is 48.4 cm³/mol. The Morgan fingerprint density at radius 3 is 2.82 bits per heavy atom. The van der Waals surface area contributed by atoms with Crippen LogP contribution in [-0.4, -0.2) is 0 Å². The van der Waals surface area contributed by atoms with E-state index in [0.717, 1.165) is 17.3 Å². The van der Waals surface area contributed by atoms with Crippen molar-refractivity contribution in [2.24, 2.45) is 17.3 Å². The average Bonchev–Trinajstić information content (AvgIpc) is 2.40. The van der Waals surface area contributed by atoms with Crippen molar-refractivity contribution in [2.45, 2.75) is 39.5 Å². The van der Waals surface area contributed by atoms with Gasteiger partial charge in [-0.3, -0.25) is 0 Å². The lowest BCUT2D eigenvalue weighted by molar-refractivity contribution is 0.434. The van der Waals surface area contributed by atoms with Crippen molar-refractivity contribution in [2.75, 3.05) is 0 Å². The molecule has 0 spiro atoms. The summed E-state index contributed by atoms with van der Waals surface area (Å²) in [5, 5.41) is 0. The quantitative estimate of drug-likeness (QED) is 0.464. The standard InChI is InChI=1S/C11H18/c1-9-10-7-5-3-4-6-8-11(9,10)2/h3-4,9-10H,5-8H2,1-2H3/b4-3-/t9-,10?,11?/m0/s1. The van der Waals surface area contributed by atoms with Gasteiger partial charge in [-0.15, -0.1) is 0 Å². The SMILES string of the molecule is C[C@H]1C2CC/C=C\CCC21C. The van der Waals surface area contributed by atoms with Crippen LogP contribution >= 0.6 is 0 Å². The van der Waals surface area contributed by atoms with Crippen LogP contribution in [0.1, 0.15) is 39.5 Å². The first kappa shape index (κ1) is 7.39. The molecule has 0 nitrogen and oxygen atoms in total. The number of hydrogen-bond acceptors (Lipinski definition) is 0. The topological polar surface area (TPSA) is 0 Å². The lowest BCUT2D eigenvalue weighted by Gasteiger charge is -2.11. The molecule has 0 aromatic carbocycles. The van der Waals surface area contributed by atoms with Gasteiger partial charge < -0.3 is 0 Å². The molecule has 1 fully saturated rings. The third kappa shape index (κ3) is 1.04. The molecule has 11 heavy (non-hydrogen) atoms. The van der Waals surface area contributed by atoms with Gasteiger partial charge in [0.25, 0.3) is 0 Å². The number of allylic oxidation sites excluding steroid dienone is 2. The van der Waals surface area contributed by atoms with Crippen LogP contribution < -0.4 is 0 Å². The molecule has 1 saturated carbocycles. The highest BCUT2D eigenvalue weighted by Crippen LogP contribution is 2.63. The second-order valence-electron chi connectivity index (χ2n) is 4.49. The van der Waals surface area contributed by atoms with Gasteiger partial charge in [0.1, 0.15) is 0 Å². The monoisotopic (exact) mass is 150 g/mol. The van der Waals surface area contributed by atoms with Crippen LogP contribution in [0.2, 0.25) is 0 Å². The van der Waals surface area contributed by atoms with E-state index in [-0.39, 0.29) is 0 Å². The highest BCUT2D eigenvalue weighted by atomic mass is 14.6. The fourth-order valence-corrected chi connectivity index (χ4v) is 2.81. The van der Waals surface area contributed by atoms with Crippen LogP contribution in [0, 0.1) is 17.3 Å². The fraction of sp³-hybridized carbons (Fsp3) is 0.818. The molecular formula is C11H18. The van der Waals surface area contributed by atoms with Gasteiger partial charge in [0.2, 0.25) is 0 Å². The van der Waals surface area contributed by atoms with E-state index in [0.29, 0.717) is 0 Å². The van der Waals surface area contributed by atoms with E-state index in [2.05, 4.69) is 26.0 Å². The summed E-state index contributed by atoms with van der Waals surface area (Å²) in [6.45, 7) is 4.90. The Morgan fingerprint density at radius 1 is 1.27 bits per heavy atom. The summed E-state index contributed by atoms with van der Waals surface area (Å²) in [5.41, 5.74) is 0.727. The number of fused-ring (bicyclic) bond motifs is 1. The third-order valence-corrected chi connectivity index (χ3v) is 4.04. The molecule has 3 atom stereocenters. The summed E-state index contributed by atoms with van der Waals surface area (Å²) in [5.74, 6) is 2.05. The average molecular weight is 150 g/mol. The molecule has 2 aliphatic carbocycles. The molecule has 0 heteroatoms. The zero-order chi connectivity index (χ0) is 7.90. The van der Waals surface area contributed by atoms with Crippen molar-refractivity contribution in [1.82, 2.24) is 0 Å². The summed E-state index contributed by atoms with van der Waals surface area (Å²) >= 11 is 0. The van der Waals surface area contributed by atoms with Crippen LogP contribution in [0.25, 0.3) is 0 Å². The summed E-state index contributed by atoms with van der Waals surface area (Å²) in [6, 6.07) is 0. The van der Waals surface area contributed by atoms with E-state index in [1.54, 1.807) is 0 Å². The van der Waals surface area contributed by atoms with Gasteiger partial charge in [0, 0.05) is 0 Å². The lowest BCUT2D eigenvalue weighted by atomic mass is 9.94. The number of hydrogen-bond donors (Lipinski definition) is 0. The largest absolute Gasteiger partial charge is 0.0885 e. The van der Waals surface area contributed by atoms with E-state index < -0.39 is 0 Å². The van der Waals surface area contributed by atoms with Crippen molar-refractivity contribution < 1.29 is 0 Å². The smallest absolute Gasteiger partial charge is 0.0263 e. The van der Waals surface area contributed by atoms with Gasteiger partial charge in [-0.25, -0.2) is 0 Å². The van der Waals surface area contributed by atoms with Crippen molar-refractivity contribution in [3.8, 4) is 0 Å². The normalized spacial score (nSPS) is 52.2. The maximum absolute atomic E-state index is 2.47. The Morgan fingerprint density at radius 2 is 2.00 bits per heavy atom. The summed E-state index contributed by atoms with van der Waals surface area (Å²) in [7, 11) is 0. The molecule has 0 aromatic rings. The Hall–Kier alpha value is -0.260. The zero-order valence-electron chi connectivity index (χ0n) is 7.64. The molecule has 0 aromatic heterocycles. The molecule has 0 bridgehead atoms. The van der Waals surface area contributed by atoms with Crippen LogP contribution in [-0.2, 0) is 0 Å². The first-order chi connectivity index (χ1) is 5.25. The van der Waals surface area contributed by atoms with Crippen molar-refractivity contribution in [3.63, 3.8) is 0 Å². The predicted octanol–water partition coefficient (Wildman–Crippen LogP) is 3.39. The molecule has 0 amide bonds. The van der Waals surface area contributed by atoms with Gasteiger partial charge in [-0.2, -0.15) is 0 Å². The minimum atomic E-state index is 0.727. The van der Waals surface area contributed by atoms with Crippen LogP contribution in [0.4, 0.5) is 0 Å². The summed E-state index contributed by atoms with van der Waals surface area (Å²) in [4.78, 5) is 0. The van der Waals surface area contributed by atoms with Gasteiger partial charge in [0.05, 0.1) is 0 Å². The molecule has 0 heterocycles. The van der Waals surface area contributed by atoms with Crippen molar-refractivity contribution in [1.29, 1.82) is 0 Å². The summed E-state index contributed by atoms with van der Waals surface area (Å²) in [6.07, 6.45) is 10.2. The number of rotatable bonds is 0. The van der Waals surface area contributed by atoms with Gasteiger partial charge in [-0.05, 0) is 42.9 Å². The maximum atomic E-state index is 2.47. The summed E-state index contributed by atoms with van der Waals surface area (Å²) < 4.78 is 0. The lowest BCUT2D eigenvalue weighted by Crippen LogP contribution is -1.99. The van der Waals surface area contributed by atoms with Crippen LogP contribution in [0.15, 0.2) is 12.2 Å². The highest BCUT2D eigenvalue weighted by Gasteiger charge is 2.56. The van der Waals surface area contributed by atoms with E-state index in [9.17, 15) is 0 Å². The van der Waals surface area contributed by atoms with E-state index in [1.165, 1.54) is 25.7 Å². The Labute approximate surface area is 69.7 Å². The maximum Gasteiger partial charge on any atom is -0.0263 e. The minimum absolute atomic E-state index is 0.727. The molecule has 2 aliphatic rings. The first-order valence-corrected chi connectivity index (χ1v) is 4.90. The fourth-order valence-electron chi connectivity index (χ4n) is 2.81. The molecule has 62 valence electrons. The Kier molecular flexibility index (Phi) is 1.59. The first-order valence-electron chi connectivity index (χ1n) is 4.90. The van der Waals surface area contributed by atoms with Gasteiger partial charge in [0.15, 0.2) is 0 Å². The van der Waals surface area contributed by atoms with E-state index >= 15 is 0 Å². The van der Waals surface area contributed by atoms with E-state index in [1.807, 2.05) is 0 Å². The molecule has 2 rings (SSSR count). The minimum Gasteiger partial charge on any atom is -0.0885 e.